The molecule has 0 bridgehead atoms. The molecule has 0 aliphatic rings. The zero-order chi connectivity index (χ0) is 31.6. The van der Waals surface area contributed by atoms with E-state index in [0.717, 1.165) is 50.0 Å². The first kappa shape index (κ1) is 26.8. The monoisotopic (exact) mass is 802 g/mol. The largest absolute Gasteiger partial charge is 0.501 e. The van der Waals surface area contributed by atoms with Gasteiger partial charge in [0, 0.05) is 31.7 Å². The predicted molar refractivity (Wildman–Crippen MR) is 177 cm³/mol. The van der Waals surface area contributed by atoms with Crippen molar-refractivity contribution in [3.63, 3.8) is 0 Å². The summed E-state index contributed by atoms with van der Waals surface area (Å²) in [5, 5.41) is 2.20. The van der Waals surface area contributed by atoms with Gasteiger partial charge in [0.1, 0.15) is 5.58 Å². The van der Waals surface area contributed by atoms with Crippen LogP contribution in [0.4, 0.5) is 0 Å². The second-order valence-corrected chi connectivity index (χ2v) is 21.8. The van der Waals surface area contributed by atoms with Gasteiger partial charge >= 0.3 is 110 Å². The van der Waals surface area contributed by atoms with Crippen molar-refractivity contribution in [3.05, 3.63) is 139 Å². The van der Waals surface area contributed by atoms with E-state index in [1.807, 2.05) is 54.7 Å². The van der Waals surface area contributed by atoms with Crippen molar-refractivity contribution < 1.29 is 28.6 Å². The molecule has 7 aromatic rings. The van der Waals surface area contributed by atoms with Crippen LogP contribution >= 0.6 is 0 Å². The van der Waals surface area contributed by atoms with Crippen LogP contribution < -0.4 is 4.40 Å². The summed E-state index contributed by atoms with van der Waals surface area (Å²) >= 11 is -1.83. The molecule has 0 saturated heterocycles. The number of aryl methyl sites for hydroxylation is 1. The zero-order valence-electron chi connectivity index (χ0n) is 27.2. The van der Waals surface area contributed by atoms with E-state index in [1.54, 1.807) is 18.3 Å². The van der Waals surface area contributed by atoms with Crippen LogP contribution in [0.2, 0.25) is 17.3 Å². The molecule has 5 heteroatoms. The van der Waals surface area contributed by atoms with E-state index in [2.05, 4.69) is 81.8 Å². The number of furan rings is 1. The quantitative estimate of drug-likeness (QED) is 0.132. The van der Waals surface area contributed by atoms with Crippen LogP contribution in [-0.2, 0) is 20.1 Å². The molecular weight excluding hydrogens is 765 g/mol. The molecule has 1 radical (unpaired) electrons. The second-order valence-electron chi connectivity index (χ2n) is 11.2. The fourth-order valence-corrected chi connectivity index (χ4v) is 7.01. The van der Waals surface area contributed by atoms with E-state index in [9.17, 15) is 0 Å². The van der Waals surface area contributed by atoms with Crippen LogP contribution in [0.25, 0.3) is 55.6 Å². The molecule has 7 rings (SSSR count). The number of rotatable bonds is 4. The van der Waals surface area contributed by atoms with Crippen molar-refractivity contribution in [2.75, 3.05) is 0 Å². The third-order valence-electron chi connectivity index (χ3n) is 7.18. The van der Waals surface area contributed by atoms with Crippen LogP contribution in [0.1, 0.15) is 9.68 Å². The predicted octanol–water partition coefficient (Wildman–Crippen LogP) is 9.52. The summed E-state index contributed by atoms with van der Waals surface area (Å²) in [5.41, 5.74) is 7.78. The van der Waals surface area contributed by atoms with E-state index in [1.165, 1.54) is 16.0 Å². The van der Waals surface area contributed by atoms with Gasteiger partial charge in [-0.05, 0) is 29.0 Å². The number of fused-ring (bicyclic) bond motifs is 3. The molecule has 4 aromatic carbocycles. The van der Waals surface area contributed by atoms with E-state index in [0.29, 0.717) is 5.56 Å². The van der Waals surface area contributed by atoms with Crippen molar-refractivity contribution in [2.24, 2.45) is 0 Å². The molecule has 0 fully saturated rings. The van der Waals surface area contributed by atoms with E-state index in [4.69, 9.17) is 8.53 Å². The maximum Gasteiger partial charge on any atom is 0.121 e. The Morgan fingerprint density at radius 2 is 1.58 bits per heavy atom. The fraction of sp³-hybridized carbons (Fsp3) is 0.105. The molecular formula is C38H32GeIrN2O-2. The summed E-state index contributed by atoms with van der Waals surface area (Å²) in [5.74, 6) is 6.98. The minimum atomic E-state index is -2.08. The average Bonchev–Trinajstić information content (AvgIpc) is 3.43. The third-order valence-corrected chi connectivity index (χ3v) is 11.4. The molecule has 0 aliphatic heterocycles. The topological polar surface area (TPSA) is 38.9 Å². The number of aromatic nitrogens is 2. The van der Waals surface area contributed by atoms with Crippen molar-refractivity contribution in [1.82, 2.24) is 9.97 Å². The van der Waals surface area contributed by atoms with Crippen molar-refractivity contribution >= 4 is 39.6 Å². The fourth-order valence-electron chi connectivity index (χ4n) is 4.83. The molecule has 3 aromatic heterocycles. The molecule has 3 nitrogen and oxygen atoms in total. The SMILES string of the molecule is [2H]C([2H])([2H])c1c[c-]c(-c2cc[c]([Ge]([CH3])([CH3])[CH3])cn2)cc1.[Ir].[c-]1ccc2c(oc3cc(-c4ccccc4)ccc32)c1-c1ccccn1. The van der Waals surface area contributed by atoms with Crippen molar-refractivity contribution in [3.8, 4) is 33.6 Å². The van der Waals surface area contributed by atoms with Crippen molar-refractivity contribution in [2.45, 2.75) is 24.1 Å². The zero-order valence-corrected chi connectivity index (χ0v) is 28.7. The first-order valence-corrected chi connectivity index (χ1v) is 21.3. The summed E-state index contributed by atoms with van der Waals surface area (Å²) in [6, 6.07) is 41.9. The summed E-state index contributed by atoms with van der Waals surface area (Å²) < 4.78 is 29.6. The minimum Gasteiger partial charge on any atom is -0.501 e. The molecule has 0 atom stereocenters. The number of nitrogens with zero attached hydrogens (tertiary/aromatic N) is 2. The minimum absolute atomic E-state index is 0. The Bertz CT molecular complexity index is 2000. The summed E-state index contributed by atoms with van der Waals surface area (Å²) in [7, 11) is 0. The number of hydrogen-bond donors (Lipinski definition) is 0. The van der Waals surface area contributed by atoms with Gasteiger partial charge in [0.25, 0.3) is 0 Å². The van der Waals surface area contributed by atoms with Gasteiger partial charge in [0.2, 0.25) is 0 Å². The van der Waals surface area contributed by atoms with Gasteiger partial charge < -0.3 is 9.40 Å². The van der Waals surface area contributed by atoms with Gasteiger partial charge in [-0.2, -0.15) is 0 Å². The molecule has 0 N–H and O–H groups in total. The standard InChI is InChI=1S/C23H14NO.C15H18GeN.Ir/c1-2-7-16(8-3-1)17-12-13-18-19-9-6-10-20(21-11-4-5-14-24-21)23(19)25-22(18)15-17;1-12-5-7-13(8-6-12)15-10-9-14(11-17-15)16(2,3)4;/h1-9,11-15H;5-7,9-11H,1-4H3;/q2*-1;/i;1D3;. The van der Waals surface area contributed by atoms with Crippen LogP contribution in [0.3, 0.4) is 0 Å². The van der Waals surface area contributed by atoms with E-state index in [-0.39, 0.29) is 20.1 Å². The Balaban J connectivity index is 0.000000182. The molecule has 0 aliphatic carbocycles. The summed E-state index contributed by atoms with van der Waals surface area (Å²) in [4.78, 5) is 8.93. The first-order chi connectivity index (χ1) is 21.6. The summed E-state index contributed by atoms with van der Waals surface area (Å²) in [6.45, 7) is -2.08. The molecule has 0 saturated carbocycles. The van der Waals surface area contributed by atoms with Crippen LogP contribution in [0.5, 0.6) is 0 Å². The van der Waals surface area contributed by atoms with Gasteiger partial charge in [0.05, 0.1) is 5.58 Å². The molecule has 0 spiro atoms. The Morgan fingerprint density at radius 1 is 0.744 bits per heavy atom. The molecule has 215 valence electrons. The molecule has 43 heavy (non-hydrogen) atoms. The van der Waals surface area contributed by atoms with Gasteiger partial charge in [-0.3, -0.25) is 0 Å². The van der Waals surface area contributed by atoms with E-state index < -0.39 is 20.1 Å². The Hall–Kier alpha value is -3.83. The number of pyridine rings is 2. The number of benzene rings is 4. The molecule has 3 heterocycles. The second kappa shape index (κ2) is 13.2. The number of hydrogen-bond acceptors (Lipinski definition) is 3. The Morgan fingerprint density at radius 3 is 2.26 bits per heavy atom. The van der Waals surface area contributed by atoms with Gasteiger partial charge in [0.15, 0.2) is 0 Å². The Labute approximate surface area is 274 Å². The third kappa shape index (κ3) is 6.88. The Kier molecular flexibility index (Phi) is 8.23. The molecule has 0 unspecified atom stereocenters. The van der Waals surface area contributed by atoms with Crippen LogP contribution in [0, 0.1) is 19.0 Å². The van der Waals surface area contributed by atoms with Gasteiger partial charge in [-0.15, -0.1) is 18.2 Å². The van der Waals surface area contributed by atoms with E-state index >= 15 is 0 Å². The maximum absolute atomic E-state index is 7.35. The maximum atomic E-state index is 7.35. The normalized spacial score (nSPS) is 12.4. The summed E-state index contributed by atoms with van der Waals surface area (Å²) in [6.07, 6.45) is 3.74. The van der Waals surface area contributed by atoms with Crippen LogP contribution in [0.15, 0.2) is 126 Å². The first-order valence-electron chi connectivity index (χ1n) is 15.4. The van der Waals surface area contributed by atoms with Crippen molar-refractivity contribution in [1.29, 1.82) is 0 Å². The van der Waals surface area contributed by atoms with Gasteiger partial charge in [-0.1, -0.05) is 65.5 Å². The van der Waals surface area contributed by atoms with Crippen LogP contribution in [-0.4, -0.2) is 23.2 Å². The molecule has 0 amide bonds. The smallest absolute Gasteiger partial charge is 0.121 e. The average molecular weight is 801 g/mol. The van der Waals surface area contributed by atoms with Gasteiger partial charge in [-0.25, -0.2) is 0 Å².